The fraction of sp³-hybridized carbons (Fsp3) is 0.615. The molecule has 4 rings (SSSR count). The Labute approximate surface area is 121 Å². The van der Waals surface area contributed by atoms with Crippen LogP contribution in [0.2, 0.25) is 0 Å². The fourth-order valence-corrected chi connectivity index (χ4v) is 2.73. The fourth-order valence-electron chi connectivity index (χ4n) is 2.73. The van der Waals surface area contributed by atoms with E-state index in [2.05, 4.69) is 35.3 Å². The molecule has 1 fully saturated rings. The molecule has 2 aliphatic rings. The molecule has 1 atom stereocenters. The summed E-state index contributed by atoms with van der Waals surface area (Å²) in [6.07, 6.45) is 4.29. The number of carbonyl (C=O) groups is 1. The first-order valence-corrected chi connectivity index (χ1v) is 7.37. The second kappa shape index (κ2) is 4.64. The summed E-state index contributed by atoms with van der Waals surface area (Å²) in [5.41, 5.74) is 0. The van der Waals surface area contributed by atoms with Gasteiger partial charge in [0.05, 0.1) is 6.04 Å². The number of fused-ring (bicyclic) bond motifs is 1. The maximum Gasteiger partial charge on any atom is 0.291 e. The molecule has 2 aromatic rings. The molecular formula is C13H17N7O. The molecule has 0 saturated heterocycles. The lowest BCUT2D eigenvalue weighted by molar-refractivity contribution is 0.0927. The minimum atomic E-state index is -0.277. The lowest BCUT2D eigenvalue weighted by atomic mass is 10.3. The summed E-state index contributed by atoms with van der Waals surface area (Å²) >= 11 is 0. The number of carbonyl (C=O) groups excluding carboxylic acids is 1. The number of rotatable bonds is 4. The van der Waals surface area contributed by atoms with Crippen molar-refractivity contribution in [1.29, 1.82) is 0 Å². The topological polar surface area (TPSA) is 101 Å². The van der Waals surface area contributed by atoms with Crippen LogP contribution < -0.4 is 5.32 Å². The molecule has 1 unspecified atom stereocenters. The third kappa shape index (κ3) is 2.20. The molecule has 1 aliphatic carbocycles. The van der Waals surface area contributed by atoms with E-state index in [9.17, 15) is 4.79 Å². The lowest BCUT2D eigenvalue weighted by Gasteiger charge is -2.12. The van der Waals surface area contributed by atoms with Gasteiger partial charge in [-0.1, -0.05) is 0 Å². The zero-order valence-corrected chi connectivity index (χ0v) is 11.8. The monoisotopic (exact) mass is 287 g/mol. The van der Waals surface area contributed by atoms with E-state index in [0.29, 0.717) is 5.92 Å². The predicted molar refractivity (Wildman–Crippen MR) is 72.6 cm³/mol. The van der Waals surface area contributed by atoms with E-state index in [-0.39, 0.29) is 17.8 Å². The predicted octanol–water partition coefficient (Wildman–Crippen LogP) is 0.711. The van der Waals surface area contributed by atoms with Crippen LogP contribution in [0.4, 0.5) is 0 Å². The average molecular weight is 287 g/mol. The van der Waals surface area contributed by atoms with Crippen LogP contribution in [0.15, 0.2) is 0 Å². The van der Waals surface area contributed by atoms with Crippen molar-refractivity contribution in [3.8, 4) is 0 Å². The molecule has 0 aromatic carbocycles. The van der Waals surface area contributed by atoms with E-state index in [1.165, 1.54) is 0 Å². The van der Waals surface area contributed by atoms with Crippen molar-refractivity contribution in [2.45, 2.75) is 51.1 Å². The van der Waals surface area contributed by atoms with Crippen LogP contribution in [-0.2, 0) is 13.0 Å². The Hall–Kier alpha value is -2.25. The average Bonchev–Trinajstić information content (AvgIpc) is 2.92. The standard InChI is InChI=1S/C13H17N7O/c1-7(12-19-16-9-3-2-6-20(9)12)14-13(21)11-15-10(17-18-11)8-4-5-8/h7-8H,2-6H2,1H3,(H,14,21)(H,15,17,18). The van der Waals surface area contributed by atoms with Crippen LogP contribution in [0.25, 0.3) is 0 Å². The first-order chi connectivity index (χ1) is 10.2. The molecule has 110 valence electrons. The van der Waals surface area contributed by atoms with Gasteiger partial charge in [-0.25, -0.2) is 4.98 Å². The normalized spacial score (nSPS) is 18.5. The van der Waals surface area contributed by atoms with Crippen molar-refractivity contribution < 1.29 is 4.79 Å². The Morgan fingerprint density at radius 3 is 3.10 bits per heavy atom. The van der Waals surface area contributed by atoms with Gasteiger partial charge in [-0.3, -0.25) is 9.89 Å². The van der Waals surface area contributed by atoms with Gasteiger partial charge in [0, 0.05) is 18.9 Å². The van der Waals surface area contributed by atoms with Gasteiger partial charge in [0.2, 0.25) is 5.82 Å². The van der Waals surface area contributed by atoms with Gasteiger partial charge in [-0.05, 0) is 26.2 Å². The number of aromatic amines is 1. The van der Waals surface area contributed by atoms with Crippen molar-refractivity contribution in [1.82, 2.24) is 35.3 Å². The first kappa shape index (κ1) is 12.5. The van der Waals surface area contributed by atoms with E-state index in [4.69, 9.17) is 0 Å². The third-order valence-corrected chi connectivity index (χ3v) is 4.04. The van der Waals surface area contributed by atoms with E-state index in [0.717, 1.165) is 49.7 Å². The van der Waals surface area contributed by atoms with Crippen LogP contribution in [-0.4, -0.2) is 35.9 Å². The smallest absolute Gasteiger partial charge is 0.291 e. The lowest BCUT2D eigenvalue weighted by Crippen LogP contribution is -2.29. The summed E-state index contributed by atoms with van der Waals surface area (Å²) in [5, 5.41) is 18.1. The van der Waals surface area contributed by atoms with E-state index < -0.39 is 0 Å². The highest BCUT2D eigenvalue weighted by Gasteiger charge is 2.29. The summed E-state index contributed by atoms with van der Waals surface area (Å²) in [6, 6.07) is -0.209. The Morgan fingerprint density at radius 1 is 1.43 bits per heavy atom. The molecule has 21 heavy (non-hydrogen) atoms. The molecule has 8 nitrogen and oxygen atoms in total. The molecule has 1 aliphatic heterocycles. The molecule has 2 N–H and O–H groups in total. The maximum absolute atomic E-state index is 12.2. The van der Waals surface area contributed by atoms with E-state index in [1.807, 2.05) is 6.92 Å². The zero-order chi connectivity index (χ0) is 14.4. The largest absolute Gasteiger partial charge is 0.340 e. The number of aromatic nitrogens is 6. The van der Waals surface area contributed by atoms with E-state index in [1.54, 1.807) is 0 Å². The van der Waals surface area contributed by atoms with Gasteiger partial charge in [0.25, 0.3) is 5.91 Å². The van der Waals surface area contributed by atoms with Crippen LogP contribution in [0, 0.1) is 0 Å². The van der Waals surface area contributed by atoms with Crippen LogP contribution in [0.5, 0.6) is 0 Å². The van der Waals surface area contributed by atoms with Crippen LogP contribution in [0.3, 0.4) is 0 Å². The summed E-state index contributed by atoms with van der Waals surface area (Å²) in [5.74, 6) is 2.99. The van der Waals surface area contributed by atoms with Gasteiger partial charge in [-0.2, -0.15) is 0 Å². The Balaban J connectivity index is 1.47. The van der Waals surface area contributed by atoms with Crippen molar-refractivity contribution in [2.24, 2.45) is 0 Å². The minimum absolute atomic E-state index is 0.199. The van der Waals surface area contributed by atoms with Crippen molar-refractivity contribution in [3.05, 3.63) is 23.3 Å². The van der Waals surface area contributed by atoms with Gasteiger partial charge < -0.3 is 9.88 Å². The summed E-state index contributed by atoms with van der Waals surface area (Å²) in [4.78, 5) is 16.5. The molecule has 8 heteroatoms. The first-order valence-electron chi connectivity index (χ1n) is 7.37. The van der Waals surface area contributed by atoms with Gasteiger partial charge >= 0.3 is 0 Å². The Bertz CT molecular complexity index is 685. The Morgan fingerprint density at radius 2 is 2.29 bits per heavy atom. The number of hydrogen-bond acceptors (Lipinski definition) is 5. The number of amides is 1. The molecule has 2 aromatic heterocycles. The highest BCUT2D eigenvalue weighted by atomic mass is 16.2. The quantitative estimate of drug-likeness (QED) is 0.862. The van der Waals surface area contributed by atoms with Crippen LogP contribution >= 0.6 is 0 Å². The number of nitrogens with zero attached hydrogens (tertiary/aromatic N) is 5. The second-order valence-electron chi connectivity index (χ2n) is 5.74. The Kier molecular flexibility index (Phi) is 2.76. The molecule has 3 heterocycles. The second-order valence-corrected chi connectivity index (χ2v) is 5.74. The molecule has 0 radical (unpaired) electrons. The van der Waals surface area contributed by atoms with E-state index >= 15 is 0 Å². The number of nitrogens with one attached hydrogen (secondary N) is 2. The molecule has 1 amide bonds. The van der Waals surface area contributed by atoms with Crippen molar-refractivity contribution in [2.75, 3.05) is 0 Å². The SMILES string of the molecule is CC(NC(=O)c1n[nH]c(C2CC2)n1)c1nnc2n1CCC2. The summed E-state index contributed by atoms with van der Waals surface area (Å²) in [6.45, 7) is 2.83. The molecule has 1 saturated carbocycles. The summed E-state index contributed by atoms with van der Waals surface area (Å²) < 4.78 is 2.08. The van der Waals surface area contributed by atoms with Crippen molar-refractivity contribution in [3.63, 3.8) is 0 Å². The zero-order valence-electron chi connectivity index (χ0n) is 11.8. The van der Waals surface area contributed by atoms with Gasteiger partial charge in [-0.15, -0.1) is 15.3 Å². The molecular weight excluding hydrogens is 270 g/mol. The number of hydrogen-bond donors (Lipinski definition) is 2. The number of H-pyrrole nitrogens is 1. The van der Waals surface area contributed by atoms with Gasteiger partial charge in [0.1, 0.15) is 11.6 Å². The number of aryl methyl sites for hydroxylation is 1. The summed E-state index contributed by atoms with van der Waals surface area (Å²) in [7, 11) is 0. The highest BCUT2D eigenvalue weighted by molar-refractivity contribution is 5.90. The minimum Gasteiger partial charge on any atom is -0.340 e. The molecule has 0 bridgehead atoms. The third-order valence-electron chi connectivity index (χ3n) is 4.04. The highest BCUT2D eigenvalue weighted by Crippen LogP contribution is 2.37. The maximum atomic E-state index is 12.2. The van der Waals surface area contributed by atoms with Crippen LogP contribution in [0.1, 0.15) is 66.2 Å². The van der Waals surface area contributed by atoms with Gasteiger partial charge in [0.15, 0.2) is 5.82 Å². The van der Waals surface area contributed by atoms with Crippen molar-refractivity contribution >= 4 is 5.91 Å². The molecule has 0 spiro atoms.